The van der Waals surface area contributed by atoms with Crippen molar-refractivity contribution in [2.75, 3.05) is 7.11 Å². The predicted molar refractivity (Wildman–Crippen MR) is 83.7 cm³/mol. The van der Waals surface area contributed by atoms with Gasteiger partial charge in [0.05, 0.1) is 28.9 Å². The molecule has 0 unspecified atom stereocenters. The quantitative estimate of drug-likeness (QED) is 0.608. The molecule has 0 atom stereocenters. The first-order valence-corrected chi connectivity index (χ1v) is 7.09. The van der Waals surface area contributed by atoms with E-state index >= 15 is 0 Å². The number of benzene rings is 2. The summed E-state index contributed by atoms with van der Waals surface area (Å²) < 4.78 is 44.2. The van der Waals surface area contributed by atoms with E-state index in [9.17, 15) is 13.2 Å². The Morgan fingerprint density at radius 1 is 1.04 bits per heavy atom. The topological polar surface area (TPSA) is 22.1 Å². The van der Waals surface area contributed by atoms with E-state index in [2.05, 4.69) is 4.98 Å². The van der Waals surface area contributed by atoms with E-state index in [1.165, 1.54) is 13.2 Å². The molecule has 0 spiro atoms. The van der Waals surface area contributed by atoms with Crippen LogP contribution in [0.1, 0.15) is 5.56 Å². The van der Waals surface area contributed by atoms with Gasteiger partial charge >= 0.3 is 6.18 Å². The fraction of sp³-hybridized carbons (Fsp3) is 0.118. The van der Waals surface area contributed by atoms with Gasteiger partial charge in [0.25, 0.3) is 0 Å². The molecule has 2 nitrogen and oxygen atoms in total. The monoisotopic (exact) mass is 337 g/mol. The molecule has 0 aliphatic carbocycles. The van der Waals surface area contributed by atoms with Crippen LogP contribution in [0.15, 0.2) is 48.5 Å². The van der Waals surface area contributed by atoms with Crippen LogP contribution in [0.25, 0.3) is 22.2 Å². The molecule has 118 valence electrons. The van der Waals surface area contributed by atoms with E-state index in [4.69, 9.17) is 16.3 Å². The van der Waals surface area contributed by atoms with Crippen molar-refractivity contribution in [2.45, 2.75) is 6.18 Å². The molecule has 0 saturated carbocycles. The predicted octanol–water partition coefficient (Wildman–Crippen LogP) is 5.58. The second-order valence-electron chi connectivity index (χ2n) is 4.92. The van der Waals surface area contributed by atoms with Gasteiger partial charge in [-0.25, -0.2) is 4.98 Å². The van der Waals surface area contributed by atoms with Crippen molar-refractivity contribution in [2.24, 2.45) is 0 Å². The van der Waals surface area contributed by atoms with Gasteiger partial charge in [0.1, 0.15) is 5.75 Å². The van der Waals surface area contributed by atoms with Crippen LogP contribution in [0.4, 0.5) is 13.2 Å². The summed E-state index contributed by atoms with van der Waals surface area (Å²) in [5, 5.41) is 1.28. The third kappa shape index (κ3) is 2.97. The zero-order valence-corrected chi connectivity index (χ0v) is 12.7. The lowest BCUT2D eigenvalue weighted by molar-refractivity contribution is -0.138. The summed E-state index contributed by atoms with van der Waals surface area (Å²) in [5.41, 5.74) is 0.480. The molecule has 3 rings (SSSR count). The van der Waals surface area contributed by atoms with Crippen molar-refractivity contribution < 1.29 is 17.9 Å². The zero-order chi connectivity index (χ0) is 16.6. The number of rotatable bonds is 2. The number of fused-ring (bicyclic) bond motifs is 1. The molecule has 6 heteroatoms. The van der Waals surface area contributed by atoms with Gasteiger partial charge < -0.3 is 4.74 Å². The molecule has 0 aliphatic heterocycles. The number of nitrogens with zero attached hydrogens (tertiary/aromatic N) is 1. The van der Waals surface area contributed by atoms with Gasteiger partial charge in [-0.3, -0.25) is 0 Å². The summed E-state index contributed by atoms with van der Waals surface area (Å²) >= 11 is 6.11. The van der Waals surface area contributed by atoms with E-state index in [1.807, 2.05) is 6.07 Å². The largest absolute Gasteiger partial charge is 0.496 e. The zero-order valence-electron chi connectivity index (χ0n) is 12.0. The van der Waals surface area contributed by atoms with Crippen LogP contribution in [0.3, 0.4) is 0 Å². The third-order valence-electron chi connectivity index (χ3n) is 3.47. The maximum atomic E-state index is 13.1. The molecule has 23 heavy (non-hydrogen) atoms. The Kier molecular flexibility index (Phi) is 3.90. The fourth-order valence-corrected chi connectivity index (χ4v) is 2.58. The van der Waals surface area contributed by atoms with Crippen LogP contribution in [-0.2, 0) is 6.18 Å². The Balaban J connectivity index is 2.17. The lowest BCUT2D eigenvalue weighted by Gasteiger charge is -2.13. The summed E-state index contributed by atoms with van der Waals surface area (Å²) in [6.45, 7) is 0. The van der Waals surface area contributed by atoms with Gasteiger partial charge in [-0.15, -0.1) is 0 Å². The molecule has 1 aromatic heterocycles. The summed E-state index contributed by atoms with van der Waals surface area (Å²) in [6.07, 6.45) is -4.50. The van der Waals surface area contributed by atoms with Gasteiger partial charge in [0, 0.05) is 10.9 Å². The van der Waals surface area contributed by atoms with E-state index in [-0.39, 0.29) is 5.75 Å². The first-order chi connectivity index (χ1) is 10.9. The van der Waals surface area contributed by atoms with Gasteiger partial charge in [-0.05, 0) is 30.3 Å². The number of halogens is 4. The smallest absolute Gasteiger partial charge is 0.419 e. The maximum absolute atomic E-state index is 13.1. The average Bonchev–Trinajstić information content (AvgIpc) is 2.53. The maximum Gasteiger partial charge on any atom is 0.419 e. The number of methoxy groups -OCH3 is 1. The molecule has 0 radical (unpaired) electrons. The normalized spacial score (nSPS) is 11.7. The third-order valence-corrected chi connectivity index (χ3v) is 3.78. The van der Waals surface area contributed by atoms with Crippen molar-refractivity contribution in [3.05, 3.63) is 59.1 Å². The van der Waals surface area contributed by atoms with Crippen molar-refractivity contribution in [1.82, 2.24) is 4.98 Å². The Hall–Kier alpha value is -2.27. The number of hydrogen-bond donors (Lipinski definition) is 0. The van der Waals surface area contributed by atoms with Gasteiger partial charge in [0.2, 0.25) is 0 Å². The molecule has 1 heterocycles. The SMILES string of the molecule is COc1ccc(-c2ccc3cccc(Cl)c3n2)cc1C(F)(F)F. The summed E-state index contributed by atoms with van der Waals surface area (Å²) in [4.78, 5) is 4.38. The van der Waals surface area contributed by atoms with Crippen molar-refractivity contribution in [1.29, 1.82) is 0 Å². The second-order valence-corrected chi connectivity index (χ2v) is 5.33. The molecular weight excluding hydrogens is 327 g/mol. The molecule has 0 fully saturated rings. The molecule has 2 aromatic carbocycles. The fourth-order valence-electron chi connectivity index (χ4n) is 2.36. The lowest BCUT2D eigenvalue weighted by atomic mass is 10.0. The van der Waals surface area contributed by atoms with Crippen LogP contribution in [0, 0.1) is 0 Å². The lowest BCUT2D eigenvalue weighted by Crippen LogP contribution is -2.07. The molecule has 0 aliphatic rings. The van der Waals surface area contributed by atoms with E-state index in [0.29, 0.717) is 21.8 Å². The van der Waals surface area contributed by atoms with E-state index in [0.717, 1.165) is 11.5 Å². The van der Waals surface area contributed by atoms with Gasteiger partial charge in [-0.2, -0.15) is 13.2 Å². The number of para-hydroxylation sites is 1. The first kappa shape index (κ1) is 15.6. The summed E-state index contributed by atoms with van der Waals surface area (Å²) in [7, 11) is 1.21. The molecule has 3 aromatic rings. The van der Waals surface area contributed by atoms with Gasteiger partial charge in [-0.1, -0.05) is 29.8 Å². The molecule has 0 saturated heterocycles. The van der Waals surface area contributed by atoms with Crippen molar-refractivity contribution in [3.8, 4) is 17.0 Å². The van der Waals surface area contributed by atoms with Crippen LogP contribution < -0.4 is 4.74 Å². The highest BCUT2D eigenvalue weighted by atomic mass is 35.5. The van der Waals surface area contributed by atoms with E-state index in [1.54, 1.807) is 30.3 Å². The van der Waals surface area contributed by atoms with Crippen LogP contribution in [-0.4, -0.2) is 12.1 Å². The highest BCUT2D eigenvalue weighted by Crippen LogP contribution is 2.38. The average molecular weight is 338 g/mol. The second kappa shape index (κ2) is 5.74. The Bertz CT molecular complexity index is 877. The number of alkyl halides is 3. The Morgan fingerprint density at radius 2 is 1.83 bits per heavy atom. The summed E-state index contributed by atoms with van der Waals surface area (Å²) in [6, 6.07) is 12.6. The highest BCUT2D eigenvalue weighted by molar-refractivity contribution is 6.35. The minimum atomic E-state index is -4.50. The number of aromatic nitrogens is 1. The molecule has 0 amide bonds. The minimum absolute atomic E-state index is 0.222. The first-order valence-electron chi connectivity index (χ1n) is 6.71. The van der Waals surface area contributed by atoms with Crippen LogP contribution in [0.5, 0.6) is 5.75 Å². The number of pyridine rings is 1. The van der Waals surface area contributed by atoms with Crippen LogP contribution >= 0.6 is 11.6 Å². The number of ether oxygens (including phenoxy) is 1. The highest BCUT2D eigenvalue weighted by Gasteiger charge is 2.34. The molecular formula is C17H11ClF3NO. The molecule has 0 N–H and O–H groups in total. The standard InChI is InChI=1S/C17H11ClF3NO/c1-23-15-8-6-11(9-12(15)17(19,20)21)14-7-5-10-3-2-4-13(18)16(10)22-14/h2-9H,1H3. The van der Waals surface area contributed by atoms with Crippen molar-refractivity contribution >= 4 is 22.5 Å². The Labute approximate surface area is 135 Å². The van der Waals surface area contributed by atoms with Crippen molar-refractivity contribution in [3.63, 3.8) is 0 Å². The van der Waals surface area contributed by atoms with Crippen LogP contribution in [0.2, 0.25) is 5.02 Å². The minimum Gasteiger partial charge on any atom is -0.496 e. The Morgan fingerprint density at radius 3 is 2.52 bits per heavy atom. The summed E-state index contributed by atoms with van der Waals surface area (Å²) in [5.74, 6) is -0.222. The van der Waals surface area contributed by atoms with E-state index < -0.39 is 11.7 Å². The number of hydrogen-bond acceptors (Lipinski definition) is 2. The molecule has 0 bridgehead atoms. The van der Waals surface area contributed by atoms with Gasteiger partial charge in [0.15, 0.2) is 0 Å².